The Kier molecular flexibility index (Phi) is 7.39. The van der Waals surface area contributed by atoms with Gasteiger partial charge in [0.15, 0.2) is 5.82 Å². The predicted molar refractivity (Wildman–Crippen MR) is 252 cm³/mol. The maximum atomic E-state index is 6.66. The van der Waals surface area contributed by atoms with E-state index in [4.69, 9.17) is 14.7 Å². The lowest BCUT2D eigenvalue weighted by Crippen LogP contribution is -2.32. The number of aromatic nitrogens is 2. The summed E-state index contributed by atoms with van der Waals surface area (Å²) in [6.07, 6.45) is 0. The summed E-state index contributed by atoms with van der Waals surface area (Å²) in [7, 11) is 0. The van der Waals surface area contributed by atoms with E-state index in [2.05, 4.69) is 206 Å². The Morgan fingerprint density at radius 2 is 1.00 bits per heavy atom. The Hall–Kier alpha value is -7.66. The molecule has 284 valence electrons. The fourth-order valence-electron chi connectivity index (χ4n) is 10.1. The molecule has 2 aromatic heterocycles. The van der Waals surface area contributed by atoms with Crippen molar-refractivity contribution >= 4 is 42.4 Å². The van der Waals surface area contributed by atoms with Gasteiger partial charge in [-0.25, -0.2) is 9.97 Å². The van der Waals surface area contributed by atoms with Crippen molar-refractivity contribution in [3.05, 3.63) is 229 Å². The molecule has 0 atom stereocenters. The van der Waals surface area contributed by atoms with Crippen LogP contribution in [0.3, 0.4) is 0 Å². The number of hydrogen-bond acceptors (Lipinski definition) is 4. The van der Waals surface area contributed by atoms with Crippen molar-refractivity contribution in [1.29, 1.82) is 0 Å². The summed E-state index contributed by atoms with van der Waals surface area (Å²) in [5.74, 6) is 2.48. The largest absolute Gasteiger partial charge is 0.457 e. The molecule has 0 saturated heterocycles. The highest BCUT2D eigenvalue weighted by molar-refractivity contribution is 7.26. The number of thiophene rings is 1. The minimum absolute atomic E-state index is 0.575. The van der Waals surface area contributed by atoms with Crippen LogP contribution in [0.4, 0.5) is 0 Å². The van der Waals surface area contributed by atoms with Gasteiger partial charge in [-0.3, -0.25) is 0 Å². The molecule has 3 heterocycles. The van der Waals surface area contributed by atoms with E-state index >= 15 is 0 Å². The molecule has 0 N–H and O–H groups in total. The number of fused-ring (bicyclic) bond motifs is 14. The molecule has 1 spiro atoms. The fraction of sp³-hybridized carbons (Fsp3) is 0.0175. The Labute approximate surface area is 356 Å². The Morgan fingerprint density at radius 3 is 1.72 bits per heavy atom. The van der Waals surface area contributed by atoms with Crippen LogP contribution < -0.4 is 4.74 Å². The van der Waals surface area contributed by atoms with Crippen LogP contribution in [0.2, 0.25) is 0 Å². The van der Waals surface area contributed by atoms with Gasteiger partial charge in [-0.05, 0) is 97.7 Å². The molecule has 1 aliphatic heterocycles. The molecular formula is C57H34N2OS. The van der Waals surface area contributed by atoms with Gasteiger partial charge in [0.2, 0.25) is 0 Å². The topological polar surface area (TPSA) is 35.0 Å². The van der Waals surface area contributed by atoms with Gasteiger partial charge in [-0.1, -0.05) is 164 Å². The molecule has 0 amide bonds. The number of rotatable bonds is 4. The van der Waals surface area contributed by atoms with E-state index in [-0.39, 0.29) is 0 Å². The minimum atomic E-state index is -0.575. The first-order valence-electron chi connectivity index (χ1n) is 20.7. The van der Waals surface area contributed by atoms with Crippen molar-refractivity contribution in [1.82, 2.24) is 9.97 Å². The fourth-order valence-corrected chi connectivity index (χ4v) is 11.2. The average Bonchev–Trinajstić information content (AvgIpc) is 3.85. The normalized spacial score (nSPS) is 13.2. The highest BCUT2D eigenvalue weighted by Gasteiger charge is 2.51. The molecule has 13 rings (SSSR count). The molecular weight excluding hydrogens is 761 g/mol. The molecule has 2 aliphatic rings. The highest BCUT2D eigenvalue weighted by atomic mass is 32.1. The molecule has 1 aliphatic carbocycles. The quantitative estimate of drug-likeness (QED) is 0.178. The molecule has 4 heteroatoms. The Morgan fingerprint density at radius 1 is 0.410 bits per heavy atom. The zero-order valence-electron chi connectivity index (χ0n) is 32.8. The van der Waals surface area contributed by atoms with Crippen molar-refractivity contribution in [3.8, 4) is 67.5 Å². The van der Waals surface area contributed by atoms with Gasteiger partial charge in [-0.2, -0.15) is 0 Å². The first-order valence-corrected chi connectivity index (χ1v) is 21.5. The van der Waals surface area contributed by atoms with Crippen LogP contribution >= 0.6 is 11.3 Å². The van der Waals surface area contributed by atoms with Crippen molar-refractivity contribution < 1.29 is 4.74 Å². The first-order chi connectivity index (χ1) is 30.2. The van der Waals surface area contributed by atoms with Gasteiger partial charge < -0.3 is 4.74 Å². The lowest BCUT2D eigenvalue weighted by Gasteiger charge is -2.39. The van der Waals surface area contributed by atoms with Gasteiger partial charge in [0, 0.05) is 32.3 Å². The summed E-state index contributed by atoms with van der Waals surface area (Å²) in [5, 5.41) is 3.59. The summed E-state index contributed by atoms with van der Waals surface area (Å²) in [5.41, 5.74) is 15.2. The second kappa shape index (κ2) is 13.2. The highest BCUT2D eigenvalue weighted by Crippen LogP contribution is 2.63. The van der Waals surface area contributed by atoms with Crippen LogP contribution in [0.5, 0.6) is 11.5 Å². The Bertz CT molecular complexity index is 3470. The van der Waals surface area contributed by atoms with Crippen LogP contribution in [0, 0.1) is 0 Å². The summed E-state index contributed by atoms with van der Waals surface area (Å²) in [6, 6.07) is 74.2. The van der Waals surface area contributed by atoms with Crippen LogP contribution in [-0.4, -0.2) is 9.97 Å². The van der Waals surface area contributed by atoms with Gasteiger partial charge in [0.25, 0.3) is 0 Å². The summed E-state index contributed by atoms with van der Waals surface area (Å²) >= 11 is 1.77. The monoisotopic (exact) mass is 794 g/mol. The van der Waals surface area contributed by atoms with E-state index < -0.39 is 5.41 Å². The molecule has 0 saturated carbocycles. The van der Waals surface area contributed by atoms with Gasteiger partial charge in [0.05, 0.1) is 21.3 Å². The molecule has 3 nitrogen and oxygen atoms in total. The van der Waals surface area contributed by atoms with Crippen LogP contribution in [0.25, 0.3) is 87.1 Å². The van der Waals surface area contributed by atoms with Crippen LogP contribution in [0.15, 0.2) is 206 Å². The number of para-hydroxylation sites is 2. The minimum Gasteiger partial charge on any atom is -0.457 e. The van der Waals surface area contributed by atoms with Gasteiger partial charge >= 0.3 is 0 Å². The number of ether oxygens (including phenoxy) is 1. The molecule has 61 heavy (non-hydrogen) atoms. The third-order valence-electron chi connectivity index (χ3n) is 12.7. The molecule has 0 radical (unpaired) electrons. The molecule has 11 aromatic rings. The van der Waals surface area contributed by atoms with E-state index in [1.54, 1.807) is 11.3 Å². The SMILES string of the molecule is c1ccc(-c2cc(-c3ccccc3)cc(-c3nc(-c4ccc5c(c4)-c4c(ccc6ccccc46)C54c5ccccc5Oc5ccccc54)c4sc5ccccc5c4n3)c2)cc1. The second-order valence-corrected chi connectivity index (χ2v) is 17.1. The summed E-state index contributed by atoms with van der Waals surface area (Å²) in [6.45, 7) is 0. The predicted octanol–water partition coefficient (Wildman–Crippen LogP) is 15.1. The smallest absolute Gasteiger partial charge is 0.160 e. The molecule has 0 bridgehead atoms. The van der Waals surface area contributed by atoms with Gasteiger partial charge in [0.1, 0.15) is 11.5 Å². The Balaban J connectivity index is 1.10. The third-order valence-corrected chi connectivity index (χ3v) is 13.9. The zero-order chi connectivity index (χ0) is 40.1. The first kappa shape index (κ1) is 34.2. The maximum absolute atomic E-state index is 6.66. The van der Waals surface area contributed by atoms with Crippen molar-refractivity contribution in [2.75, 3.05) is 0 Å². The average molecular weight is 795 g/mol. The number of nitrogens with zero attached hydrogens (tertiary/aromatic N) is 2. The van der Waals surface area contributed by atoms with Crippen molar-refractivity contribution in [3.63, 3.8) is 0 Å². The lowest BCUT2D eigenvalue weighted by molar-refractivity contribution is 0.436. The van der Waals surface area contributed by atoms with Crippen LogP contribution in [-0.2, 0) is 5.41 Å². The summed E-state index contributed by atoms with van der Waals surface area (Å²) in [4.78, 5) is 11.0. The molecule has 0 unspecified atom stereocenters. The number of benzene rings is 9. The number of hydrogen-bond donors (Lipinski definition) is 0. The van der Waals surface area contributed by atoms with E-state index in [9.17, 15) is 0 Å². The molecule has 0 fully saturated rings. The van der Waals surface area contributed by atoms with Crippen molar-refractivity contribution in [2.45, 2.75) is 5.41 Å². The van der Waals surface area contributed by atoms with Crippen molar-refractivity contribution in [2.24, 2.45) is 0 Å². The summed E-state index contributed by atoms with van der Waals surface area (Å²) < 4.78 is 8.94. The van der Waals surface area contributed by atoms with E-state index in [1.165, 1.54) is 37.7 Å². The zero-order valence-corrected chi connectivity index (χ0v) is 33.7. The lowest BCUT2D eigenvalue weighted by atomic mass is 9.66. The van der Waals surface area contributed by atoms with E-state index in [0.717, 1.165) is 77.3 Å². The maximum Gasteiger partial charge on any atom is 0.160 e. The van der Waals surface area contributed by atoms with Gasteiger partial charge in [-0.15, -0.1) is 11.3 Å². The third kappa shape index (κ3) is 5.03. The molecule has 9 aromatic carbocycles. The standard InChI is InChI=1S/C57H34N2OS/c1-3-15-35(16-4-1)39-31-40(36-17-5-2-6-18-36)33-41(32-39)56-58-53(55-54(59-56)43-21-9-14-26-51(43)61-55)38-28-29-45-44(34-38)52-42-20-8-7-19-37(42)27-30-48(52)57(45)46-22-10-12-24-49(46)60-50-25-13-11-23-47(50)57/h1-34H. The van der Waals surface area contributed by atoms with Crippen LogP contribution in [0.1, 0.15) is 22.3 Å². The van der Waals surface area contributed by atoms with E-state index in [1.807, 2.05) is 0 Å². The van der Waals surface area contributed by atoms with E-state index in [0.29, 0.717) is 5.82 Å². The second-order valence-electron chi connectivity index (χ2n) is 16.0.